The number of hydrogen-bond acceptors (Lipinski definition) is 5. The molecule has 2 aliphatic rings. The van der Waals surface area contributed by atoms with Crippen LogP contribution in [0.4, 0.5) is 5.13 Å². The number of rotatable bonds is 3. The summed E-state index contributed by atoms with van der Waals surface area (Å²) in [5, 5.41) is 1.12. The van der Waals surface area contributed by atoms with E-state index in [1.165, 1.54) is 25.7 Å². The summed E-state index contributed by atoms with van der Waals surface area (Å²) in [5.74, 6) is 1.75. The first-order valence-electron chi connectivity index (χ1n) is 6.49. The van der Waals surface area contributed by atoms with Gasteiger partial charge in [0.25, 0.3) is 0 Å². The van der Waals surface area contributed by atoms with Gasteiger partial charge in [-0.3, -0.25) is 0 Å². The third kappa shape index (κ3) is 2.31. The van der Waals surface area contributed by atoms with Gasteiger partial charge in [0.05, 0.1) is 0 Å². The second-order valence-electron chi connectivity index (χ2n) is 5.71. The van der Waals surface area contributed by atoms with Gasteiger partial charge in [0, 0.05) is 30.5 Å². The average molecular weight is 252 g/mol. The third-order valence-electron chi connectivity index (χ3n) is 4.11. The topological polar surface area (TPSA) is 55.0 Å². The van der Waals surface area contributed by atoms with E-state index >= 15 is 0 Å². The monoisotopic (exact) mass is 252 g/mol. The predicted octanol–water partition coefficient (Wildman–Crippen LogP) is 1.98. The van der Waals surface area contributed by atoms with E-state index in [0.717, 1.165) is 30.6 Å². The highest BCUT2D eigenvalue weighted by Crippen LogP contribution is 2.40. The predicted molar refractivity (Wildman–Crippen MR) is 70.5 cm³/mol. The van der Waals surface area contributed by atoms with Crippen LogP contribution in [0.3, 0.4) is 0 Å². The molecule has 4 nitrogen and oxygen atoms in total. The summed E-state index contributed by atoms with van der Waals surface area (Å²) in [6, 6.07) is 0. The molecule has 2 fully saturated rings. The number of anilines is 1. The Morgan fingerprint density at radius 3 is 2.71 bits per heavy atom. The van der Waals surface area contributed by atoms with E-state index in [1.54, 1.807) is 11.5 Å². The lowest BCUT2D eigenvalue weighted by Gasteiger charge is -2.38. The van der Waals surface area contributed by atoms with Crippen molar-refractivity contribution in [3.05, 3.63) is 5.82 Å². The Balaban J connectivity index is 1.65. The van der Waals surface area contributed by atoms with E-state index in [0.29, 0.717) is 11.3 Å². The first kappa shape index (κ1) is 11.4. The summed E-state index contributed by atoms with van der Waals surface area (Å²) in [6.07, 6.45) is 4.90. The Bertz CT molecular complexity index is 391. The number of aromatic nitrogens is 2. The van der Waals surface area contributed by atoms with Crippen molar-refractivity contribution >= 4 is 16.7 Å². The van der Waals surface area contributed by atoms with Crippen LogP contribution in [0.15, 0.2) is 0 Å². The van der Waals surface area contributed by atoms with Crippen molar-refractivity contribution in [2.75, 3.05) is 24.5 Å². The standard InChI is InChI=1S/C12H20N4S/c1-12(8-13)4-6-16(7-5-12)11-14-10(15-17-11)9-2-3-9/h9H,2-8,13H2,1H3. The second kappa shape index (κ2) is 4.21. The first-order chi connectivity index (χ1) is 8.20. The van der Waals surface area contributed by atoms with Crippen molar-refractivity contribution in [2.45, 2.75) is 38.5 Å². The van der Waals surface area contributed by atoms with E-state index in [4.69, 9.17) is 5.73 Å². The molecule has 5 heteroatoms. The summed E-state index contributed by atoms with van der Waals surface area (Å²) in [7, 11) is 0. The maximum absolute atomic E-state index is 5.83. The SMILES string of the molecule is CC1(CN)CCN(c2nc(C3CC3)ns2)CC1. The molecule has 2 heterocycles. The largest absolute Gasteiger partial charge is 0.347 e. The Morgan fingerprint density at radius 1 is 1.41 bits per heavy atom. The van der Waals surface area contributed by atoms with Crippen LogP contribution in [0, 0.1) is 5.41 Å². The lowest BCUT2D eigenvalue weighted by Crippen LogP contribution is -2.42. The molecule has 94 valence electrons. The molecule has 2 N–H and O–H groups in total. The molecule has 3 rings (SSSR count). The molecular weight excluding hydrogens is 232 g/mol. The van der Waals surface area contributed by atoms with E-state index < -0.39 is 0 Å². The molecule has 1 aliphatic carbocycles. The highest BCUT2D eigenvalue weighted by molar-refractivity contribution is 7.09. The zero-order valence-corrected chi connectivity index (χ0v) is 11.2. The van der Waals surface area contributed by atoms with Gasteiger partial charge in [0.1, 0.15) is 5.82 Å². The Hall–Kier alpha value is -0.680. The van der Waals surface area contributed by atoms with Crippen molar-refractivity contribution in [3.63, 3.8) is 0 Å². The highest BCUT2D eigenvalue weighted by Gasteiger charge is 2.32. The lowest BCUT2D eigenvalue weighted by molar-refractivity contribution is 0.258. The van der Waals surface area contributed by atoms with Crippen molar-refractivity contribution in [2.24, 2.45) is 11.1 Å². The molecule has 0 unspecified atom stereocenters. The fourth-order valence-corrected chi connectivity index (χ4v) is 3.10. The van der Waals surface area contributed by atoms with Crippen molar-refractivity contribution < 1.29 is 0 Å². The van der Waals surface area contributed by atoms with Gasteiger partial charge in [-0.05, 0) is 37.6 Å². The van der Waals surface area contributed by atoms with Crippen LogP contribution in [0.1, 0.15) is 44.3 Å². The zero-order valence-electron chi connectivity index (χ0n) is 10.4. The van der Waals surface area contributed by atoms with Crippen LogP contribution >= 0.6 is 11.5 Å². The van der Waals surface area contributed by atoms with Crippen molar-refractivity contribution in [1.82, 2.24) is 9.36 Å². The molecule has 1 saturated heterocycles. The van der Waals surface area contributed by atoms with Crippen LogP contribution in [-0.4, -0.2) is 29.0 Å². The van der Waals surface area contributed by atoms with Crippen molar-refractivity contribution in [3.8, 4) is 0 Å². The Morgan fingerprint density at radius 2 is 2.12 bits per heavy atom. The molecular formula is C12H20N4S. The molecule has 17 heavy (non-hydrogen) atoms. The minimum atomic E-state index is 0.334. The number of hydrogen-bond donors (Lipinski definition) is 1. The summed E-state index contributed by atoms with van der Waals surface area (Å²) >= 11 is 1.57. The van der Waals surface area contributed by atoms with Gasteiger partial charge in [-0.25, -0.2) is 4.98 Å². The fourth-order valence-electron chi connectivity index (χ4n) is 2.30. The Labute approximate surface area is 106 Å². The molecule has 0 aromatic carbocycles. The van der Waals surface area contributed by atoms with Gasteiger partial charge in [-0.2, -0.15) is 4.37 Å². The highest BCUT2D eigenvalue weighted by atomic mass is 32.1. The van der Waals surface area contributed by atoms with Crippen LogP contribution < -0.4 is 10.6 Å². The van der Waals surface area contributed by atoms with Gasteiger partial charge in [-0.1, -0.05) is 6.92 Å². The van der Waals surface area contributed by atoms with E-state index in [1.807, 2.05) is 0 Å². The molecule has 0 amide bonds. The maximum Gasteiger partial charge on any atom is 0.205 e. The minimum Gasteiger partial charge on any atom is -0.347 e. The fraction of sp³-hybridized carbons (Fsp3) is 0.833. The molecule has 0 radical (unpaired) electrons. The van der Waals surface area contributed by atoms with Gasteiger partial charge >= 0.3 is 0 Å². The molecule has 0 spiro atoms. The smallest absolute Gasteiger partial charge is 0.205 e. The second-order valence-corrected chi connectivity index (χ2v) is 6.44. The molecule has 1 aromatic rings. The lowest BCUT2D eigenvalue weighted by atomic mass is 9.81. The average Bonchev–Trinajstić information content (AvgIpc) is 3.09. The molecule has 0 bridgehead atoms. The van der Waals surface area contributed by atoms with Crippen LogP contribution in [-0.2, 0) is 0 Å². The molecule has 1 aliphatic heterocycles. The third-order valence-corrected chi connectivity index (χ3v) is 4.90. The van der Waals surface area contributed by atoms with Crippen LogP contribution in [0.2, 0.25) is 0 Å². The van der Waals surface area contributed by atoms with Crippen LogP contribution in [0.25, 0.3) is 0 Å². The quantitative estimate of drug-likeness (QED) is 0.893. The first-order valence-corrected chi connectivity index (χ1v) is 7.26. The maximum atomic E-state index is 5.83. The molecule has 0 atom stereocenters. The van der Waals surface area contributed by atoms with E-state index in [2.05, 4.69) is 21.2 Å². The summed E-state index contributed by atoms with van der Waals surface area (Å²) in [4.78, 5) is 7.05. The van der Waals surface area contributed by atoms with Gasteiger partial charge in [0.2, 0.25) is 5.13 Å². The number of piperidine rings is 1. The molecule has 1 aromatic heterocycles. The van der Waals surface area contributed by atoms with Gasteiger partial charge in [0.15, 0.2) is 0 Å². The van der Waals surface area contributed by atoms with Crippen molar-refractivity contribution in [1.29, 1.82) is 0 Å². The zero-order chi connectivity index (χ0) is 11.9. The summed E-state index contributed by atoms with van der Waals surface area (Å²) < 4.78 is 4.47. The number of nitrogens with two attached hydrogens (primary N) is 1. The van der Waals surface area contributed by atoms with E-state index in [9.17, 15) is 0 Å². The normalized spacial score (nSPS) is 24.0. The van der Waals surface area contributed by atoms with Gasteiger partial charge in [-0.15, -0.1) is 0 Å². The minimum absolute atomic E-state index is 0.334. The number of nitrogens with zero attached hydrogens (tertiary/aromatic N) is 3. The molecule has 1 saturated carbocycles. The summed E-state index contributed by atoms with van der Waals surface area (Å²) in [5.41, 5.74) is 6.16. The van der Waals surface area contributed by atoms with Gasteiger partial charge < -0.3 is 10.6 Å². The summed E-state index contributed by atoms with van der Waals surface area (Å²) in [6.45, 7) is 5.24. The van der Waals surface area contributed by atoms with Crippen LogP contribution in [0.5, 0.6) is 0 Å². The Kier molecular flexibility index (Phi) is 2.83. The van der Waals surface area contributed by atoms with E-state index in [-0.39, 0.29) is 0 Å².